The molecule has 5 nitrogen and oxygen atoms in total. The van der Waals surface area contributed by atoms with Gasteiger partial charge in [-0.3, -0.25) is 9.69 Å². The van der Waals surface area contributed by atoms with Gasteiger partial charge in [0.25, 0.3) is 0 Å². The first-order valence-electron chi connectivity index (χ1n) is 8.72. The molecular formula is C18H22Cl2N2O3. The van der Waals surface area contributed by atoms with Crippen molar-refractivity contribution in [3.05, 3.63) is 33.8 Å². The Hall–Kier alpha value is -1.46. The van der Waals surface area contributed by atoms with Crippen LogP contribution < -0.4 is 0 Å². The van der Waals surface area contributed by atoms with Crippen LogP contribution in [0, 0.1) is 0 Å². The first-order valence-corrected chi connectivity index (χ1v) is 9.47. The summed E-state index contributed by atoms with van der Waals surface area (Å²) < 4.78 is 0. The van der Waals surface area contributed by atoms with Crippen LogP contribution in [0.5, 0.6) is 0 Å². The molecular weight excluding hydrogens is 363 g/mol. The van der Waals surface area contributed by atoms with Crippen LogP contribution in [0.25, 0.3) is 0 Å². The summed E-state index contributed by atoms with van der Waals surface area (Å²) in [5, 5.41) is 10.5. The molecule has 7 heteroatoms. The summed E-state index contributed by atoms with van der Waals surface area (Å²) >= 11 is 12.3. The molecule has 0 spiro atoms. The van der Waals surface area contributed by atoms with Gasteiger partial charge >= 0.3 is 6.09 Å². The summed E-state index contributed by atoms with van der Waals surface area (Å²) in [6.45, 7) is 0.636. The quantitative estimate of drug-likeness (QED) is 0.835. The SMILES string of the molecule is O=C1C(N(Cc2c(Cl)cccc2Cl)C(=O)O)CCN1C1CCCCC1. The molecule has 25 heavy (non-hydrogen) atoms. The maximum absolute atomic E-state index is 12.9. The third-order valence-electron chi connectivity index (χ3n) is 5.24. The fourth-order valence-corrected chi connectivity index (χ4v) is 4.41. The number of carbonyl (C=O) groups excluding carboxylic acids is 1. The van der Waals surface area contributed by atoms with Gasteiger partial charge in [0.1, 0.15) is 6.04 Å². The monoisotopic (exact) mass is 384 g/mol. The van der Waals surface area contributed by atoms with Crippen molar-refractivity contribution in [1.29, 1.82) is 0 Å². The number of hydrogen-bond acceptors (Lipinski definition) is 2. The van der Waals surface area contributed by atoms with E-state index < -0.39 is 12.1 Å². The molecule has 0 bridgehead atoms. The highest BCUT2D eigenvalue weighted by atomic mass is 35.5. The molecule has 2 aliphatic rings. The maximum atomic E-state index is 12.9. The Morgan fingerprint density at radius 3 is 2.40 bits per heavy atom. The van der Waals surface area contributed by atoms with E-state index in [0.29, 0.717) is 28.6 Å². The van der Waals surface area contributed by atoms with Gasteiger partial charge in [0.15, 0.2) is 0 Å². The topological polar surface area (TPSA) is 60.9 Å². The molecule has 0 aromatic heterocycles. The summed E-state index contributed by atoms with van der Waals surface area (Å²) in [7, 11) is 0. The van der Waals surface area contributed by atoms with Crippen molar-refractivity contribution < 1.29 is 14.7 Å². The first kappa shape index (κ1) is 18.3. The Labute approximate surface area is 157 Å². The lowest BCUT2D eigenvalue weighted by Crippen LogP contribution is -2.47. The highest BCUT2D eigenvalue weighted by molar-refractivity contribution is 6.36. The third kappa shape index (κ3) is 3.87. The second kappa shape index (κ2) is 7.83. The van der Waals surface area contributed by atoms with Crippen LogP contribution in [0.15, 0.2) is 18.2 Å². The second-order valence-corrected chi connectivity index (χ2v) is 7.55. The fourth-order valence-electron chi connectivity index (χ4n) is 3.90. The van der Waals surface area contributed by atoms with Crippen molar-refractivity contribution >= 4 is 35.2 Å². The van der Waals surface area contributed by atoms with Gasteiger partial charge in [-0.1, -0.05) is 48.5 Å². The average molecular weight is 385 g/mol. The van der Waals surface area contributed by atoms with Crippen molar-refractivity contribution in [3.63, 3.8) is 0 Å². The van der Waals surface area contributed by atoms with E-state index in [9.17, 15) is 14.7 Å². The number of amides is 2. The van der Waals surface area contributed by atoms with E-state index in [4.69, 9.17) is 23.2 Å². The van der Waals surface area contributed by atoms with Gasteiger partial charge in [0.05, 0.1) is 6.54 Å². The Balaban J connectivity index is 1.77. The fraction of sp³-hybridized carbons (Fsp3) is 0.556. The van der Waals surface area contributed by atoms with E-state index in [1.807, 2.05) is 4.90 Å². The van der Waals surface area contributed by atoms with Crippen molar-refractivity contribution in [1.82, 2.24) is 9.80 Å². The van der Waals surface area contributed by atoms with Crippen LogP contribution in [0.2, 0.25) is 10.0 Å². The summed E-state index contributed by atoms with van der Waals surface area (Å²) in [6.07, 6.45) is 4.91. The number of halogens is 2. The minimum atomic E-state index is -1.13. The van der Waals surface area contributed by atoms with Crippen molar-refractivity contribution in [3.8, 4) is 0 Å². The van der Waals surface area contributed by atoms with E-state index in [1.54, 1.807) is 18.2 Å². The van der Waals surface area contributed by atoms with Gasteiger partial charge in [-0.25, -0.2) is 4.79 Å². The van der Waals surface area contributed by atoms with Crippen LogP contribution in [0.4, 0.5) is 4.79 Å². The van der Waals surface area contributed by atoms with Gasteiger partial charge in [0.2, 0.25) is 5.91 Å². The summed E-state index contributed by atoms with van der Waals surface area (Å²) in [4.78, 5) is 27.7. The molecule has 2 amide bonds. The molecule has 1 aromatic rings. The minimum absolute atomic E-state index is 0.0166. The average Bonchev–Trinajstić information content (AvgIpc) is 2.96. The molecule has 1 atom stereocenters. The minimum Gasteiger partial charge on any atom is -0.465 e. The largest absolute Gasteiger partial charge is 0.465 e. The van der Waals surface area contributed by atoms with Crippen molar-refractivity contribution in [2.75, 3.05) is 6.54 Å². The van der Waals surface area contributed by atoms with Crippen molar-refractivity contribution in [2.24, 2.45) is 0 Å². The molecule has 1 heterocycles. The Kier molecular flexibility index (Phi) is 5.74. The third-order valence-corrected chi connectivity index (χ3v) is 5.95. The number of carboxylic acid groups (broad SMARTS) is 1. The highest BCUT2D eigenvalue weighted by Gasteiger charge is 2.41. The van der Waals surface area contributed by atoms with Gasteiger partial charge in [-0.15, -0.1) is 0 Å². The van der Waals surface area contributed by atoms with E-state index in [-0.39, 0.29) is 18.5 Å². The number of hydrogen-bond donors (Lipinski definition) is 1. The number of carbonyl (C=O) groups is 2. The smallest absolute Gasteiger partial charge is 0.408 e. The summed E-state index contributed by atoms with van der Waals surface area (Å²) in [5.74, 6) is -0.0857. The summed E-state index contributed by atoms with van der Waals surface area (Å²) in [5.41, 5.74) is 0.539. The molecule has 136 valence electrons. The Bertz CT molecular complexity index is 641. The maximum Gasteiger partial charge on any atom is 0.408 e. The van der Waals surface area contributed by atoms with Gasteiger partial charge in [-0.05, 0) is 31.4 Å². The zero-order valence-corrected chi connectivity index (χ0v) is 15.5. The summed E-state index contributed by atoms with van der Waals surface area (Å²) in [6, 6.07) is 4.66. The molecule has 1 saturated heterocycles. The zero-order valence-electron chi connectivity index (χ0n) is 14.0. The number of likely N-dealkylation sites (tertiary alicyclic amines) is 1. The van der Waals surface area contributed by atoms with Gasteiger partial charge < -0.3 is 10.0 Å². The number of rotatable bonds is 4. The lowest BCUT2D eigenvalue weighted by atomic mass is 9.94. The lowest BCUT2D eigenvalue weighted by Gasteiger charge is -2.32. The van der Waals surface area contributed by atoms with Crippen LogP contribution in [0.3, 0.4) is 0 Å². The van der Waals surface area contributed by atoms with E-state index in [2.05, 4.69) is 0 Å². The van der Waals surface area contributed by atoms with Crippen molar-refractivity contribution in [2.45, 2.75) is 57.2 Å². The molecule has 2 fully saturated rings. The molecule has 3 rings (SSSR count). The molecule has 1 N–H and O–H groups in total. The van der Waals surface area contributed by atoms with Gasteiger partial charge in [-0.2, -0.15) is 0 Å². The van der Waals surface area contributed by atoms with Crippen LogP contribution in [-0.2, 0) is 11.3 Å². The molecule has 0 radical (unpaired) electrons. The molecule has 1 aliphatic carbocycles. The predicted molar refractivity (Wildman–Crippen MR) is 97.0 cm³/mol. The lowest BCUT2D eigenvalue weighted by molar-refractivity contribution is -0.134. The number of nitrogens with zero attached hydrogens (tertiary/aromatic N) is 2. The Morgan fingerprint density at radius 1 is 1.16 bits per heavy atom. The van der Waals surface area contributed by atoms with E-state index >= 15 is 0 Å². The standard InChI is InChI=1S/C18H22Cl2N2O3/c19-14-7-4-8-15(20)13(14)11-22(18(24)25)16-9-10-21(17(16)23)12-5-2-1-3-6-12/h4,7-8,12,16H,1-3,5-6,9-11H2,(H,24,25). The van der Waals surface area contributed by atoms with Crippen LogP contribution in [0.1, 0.15) is 44.1 Å². The predicted octanol–water partition coefficient (Wildman–Crippen LogP) is 4.41. The first-order chi connectivity index (χ1) is 12.0. The molecule has 1 unspecified atom stereocenters. The van der Waals surface area contributed by atoms with E-state index in [0.717, 1.165) is 25.7 Å². The molecule has 1 saturated carbocycles. The molecule has 1 aliphatic heterocycles. The number of benzene rings is 1. The molecule has 1 aromatic carbocycles. The van der Waals surface area contributed by atoms with E-state index in [1.165, 1.54) is 11.3 Å². The zero-order chi connectivity index (χ0) is 18.0. The normalized spacial score (nSPS) is 21.6. The highest BCUT2D eigenvalue weighted by Crippen LogP contribution is 2.31. The van der Waals surface area contributed by atoms with Crippen LogP contribution in [-0.4, -0.2) is 45.5 Å². The Morgan fingerprint density at radius 2 is 1.80 bits per heavy atom. The van der Waals surface area contributed by atoms with Gasteiger partial charge in [0, 0.05) is 28.2 Å². The second-order valence-electron chi connectivity index (χ2n) is 6.74. The van der Waals surface area contributed by atoms with Crippen LogP contribution >= 0.6 is 23.2 Å².